The fourth-order valence-corrected chi connectivity index (χ4v) is 6.56. The maximum Gasteiger partial charge on any atom is 0.237 e. The van der Waals surface area contributed by atoms with Crippen molar-refractivity contribution in [2.45, 2.75) is 81.0 Å². The average molecular weight is 534 g/mol. The van der Waals surface area contributed by atoms with Gasteiger partial charge in [0, 0.05) is 22.3 Å². The lowest BCUT2D eigenvalue weighted by Gasteiger charge is -2.43. The maximum absolute atomic E-state index is 14.9. The summed E-state index contributed by atoms with van der Waals surface area (Å²) in [7, 11) is 0. The minimum absolute atomic E-state index is 0.00162. The molecule has 2 aromatic carbocycles. The monoisotopic (exact) mass is 533 g/mol. The third kappa shape index (κ3) is 4.86. The van der Waals surface area contributed by atoms with E-state index in [0.29, 0.717) is 42.0 Å². The van der Waals surface area contributed by atoms with E-state index in [9.17, 15) is 19.1 Å². The van der Waals surface area contributed by atoms with Gasteiger partial charge < -0.3 is 15.7 Å². The van der Waals surface area contributed by atoms with Crippen LogP contribution in [-0.4, -0.2) is 40.1 Å². The lowest BCUT2D eigenvalue weighted by Crippen LogP contribution is -2.62. The molecule has 1 heterocycles. The van der Waals surface area contributed by atoms with Gasteiger partial charge in [-0.05, 0) is 68.4 Å². The maximum atomic E-state index is 14.9. The number of rotatable bonds is 7. The van der Waals surface area contributed by atoms with Crippen molar-refractivity contribution in [1.29, 1.82) is 0 Å². The van der Waals surface area contributed by atoms with Crippen molar-refractivity contribution in [1.82, 2.24) is 10.6 Å². The first kappa shape index (κ1) is 25.5. The molecule has 0 radical (unpaired) electrons. The standard InChI is InChI=1S/C27H30Cl2FN3O3/c1-26(36)13-17(14-26)31-24(34)21(11-15-5-4-6-19(29)23(15)30)33-27(9-2-3-10-27)22-18-8-7-16(28)12-20(18)32-25(22)35/h4-8,12,17,21-22,33,36H,2-3,9-11,13-14H2,1H3,(H,31,34)(H,32,35). The molecule has 192 valence electrons. The van der Waals surface area contributed by atoms with Crippen LogP contribution >= 0.6 is 23.2 Å². The molecular formula is C27H30Cl2FN3O3. The molecule has 0 bridgehead atoms. The number of halogens is 3. The molecule has 2 saturated carbocycles. The fraction of sp³-hybridized carbons (Fsp3) is 0.481. The first-order valence-electron chi connectivity index (χ1n) is 12.4. The van der Waals surface area contributed by atoms with Gasteiger partial charge in [-0.15, -0.1) is 0 Å². The Bertz CT molecular complexity index is 1190. The number of hydrogen-bond donors (Lipinski definition) is 4. The Morgan fingerprint density at radius 1 is 1.22 bits per heavy atom. The van der Waals surface area contributed by atoms with Crippen LogP contribution in [0, 0.1) is 5.82 Å². The number of nitrogens with one attached hydrogen (secondary N) is 3. The van der Waals surface area contributed by atoms with E-state index < -0.39 is 28.9 Å². The molecule has 1 aliphatic heterocycles. The van der Waals surface area contributed by atoms with Gasteiger partial charge in [0.1, 0.15) is 5.82 Å². The number of aliphatic hydroxyl groups is 1. The zero-order chi connectivity index (χ0) is 25.7. The molecule has 36 heavy (non-hydrogen) atoms. The first-order chi connectivity index (χ1) is 17.1. The van der Waals surface area contributed by atoms with Gasteiger partial charge in [-0.1, -0.05) is 54.2 Å². The van der Waals surface area contributed by atoms with Gasteiger partial charge in [0.05, 0.1) is 22.6 Å². The minimum atomic E-state index is -0.800. The van der Waals surface area contributed by atoms with Crippen molar-refractivity contribution >= 4 is 40.7 Å². The summed E-state index contributed by atoms with van der Waals surface area (Å²) in [6.07, 6.45) is 4.21. The highest BCUT2D eigenvalue weighted by atomic mass is 35.5. The van der Waals surface area contributed by atoms with E-state index in [1.165, 1.54) is 6.07 Å². The van der Waals surface area contributed by atoms with E-state index in [4.69, 9.17) is 23.2 Å². The Kier molecular flexibility index (Phi) is 6.79. The molecule has 4 N–H and O–H groups in total. The molecule has 0 spiro atoms. The molecule has 0 saturated heterocycles. The lowest BCUT2D eigenvalue weighted by molar-refractivity contribution is -0.128. The molecular weight excluding hydrogens is 504 g/mol. The number of anilines is 1. The third-order valence-electron chi connectivity index (χ3n) is 7.85. The van der Waals surface area contributed by atoms with Crippen molar-refractivity contribution in [3.05, 3.63) is 63.4 Å². The molecule has 2 amide bonds. The van der Waals surface area contributed by atoms with E-state index in [1.807, 2.05) is 6.07 Å². The van der Waals surface area contributed by atoms with Crippen molar-refractivity contribution in [3.8, 4) is 0 Å². The average Bonchev–Trinajstić information content (AvgIpc) is 3.38. The Morgan fingerprint density at radius 3 is 2.64 bits per heavy atom. The van der Waals surface area contributed by atoms with E-state index in [-0.39, 0.29) is 29.3 Å². The Balaban J connectivity index is 1.46. The highest BCUT2D eigenvalue weighted by Crippen LogP contribution is 2.48. The van der Waals surface area contributed by atoms with Gasteiger partial charge in [-0.25, -0.2) is 4.39 Å². The fourth-order valence-electron chi connectivity index (χ4n) is 6.19. The van der Waals surface area contributed by atoms with Crippen LogP contribution in [0.4, 0.5) is 10.1 Å². The molecule has 2 aromatic rings. The van der Waals surface area contributed by atoms with Crippen LogP contribution in [0.5, 0.6) is 0 Å². The van der Waals surface area contributed by atoms with Gasteiger partial charge in [0.15, 0.2) is 0 Å². The summed E-state index contributed by atoms with van der Waals surface area (Å²) in [4.78, 5) is 26.8. The number of carbonyl (C=O) groups excluding carboxylic acids is 2. The molecule has 0 aromatic heterocycles. The highest BCUT2D eigenvalue weighted by Gasteiger charge is 2.51. The molecule has 6 nitrogen and oxygen atoms in total. The van der Waals surface area contributed by atoms with Crippen LogP contribution in [0.25, 0.3) is 0 Å². The van der Waals surface area contributed by atoms with Crippen LogP contribution in [0.2, 0.25) is 10.0 Å². The van der Waals surface area contributed by atoms with Crippen LogP contribution in [-0.2, 0) is 16.0 Å². The normalized spacial score (nSPS) is 27.2. The Morgan fingerprint density at radius 2 is 1.94 bits per heavy atom. The van der Waals surface area contributed by atoms with Crippen molar-refractivity contribution in [2.75, 3.05) is 5.32 Å². The molecule has 5 rings (SSSR count). The molecule has 2 unspecified atom stereocenters. The third-order valence-corrected chi connectivity index (χ3v) is 8.37. The van der Waals surface area contributed by atoms with Crippen molar-refractivity contribution in [3.63, 3.8) is 0 Å². The second kappa shape index (κ2) is 9.60. The van der Waals surface area contributed by atoms with Crippen LogP contribution in [0.15, 0.2) is 36.4 Å². The summed E-state index contributed by atoms with van der Waals surface area (Å²) < 4.78 is 14.9. The number of benzene rings is 2. The van der Waals surface area contributed by atoms with E-state index >= 15 is 0 Å². The van der Waals surface area contributed by atoms with Gasteiger partial charge >= 0.3 is 0 Å². The predicted octanol–water partition coefficient (Wildman–Crippen LogP) is 4.71. The predicted molar refractivity (Wildman–Crippen MR) is 138 cm³/mol. The molecule has 2 atom stereocenters. The second-order valence-corrected chi connectivity index (χ2v) is 11.6. The highest BCUT2D eigenvalue weighted by molar-refractivity contribution is 6.31. The van der Waals surface area contributed by atoms with Gasteiger partial charge in [0.25, 0.3) is 0 Å². The van der Waals surface area contributed by atoms with E-state index in [2.05, 4.69) is 16.0 Å². The molecule has 2 fully saturated rings. The van der Waals surface area contributed by atoms with Crippen LogP contribution in [0.1, 0.15) is 62.5 Å². The SMILES string of the molecule is CC1(O)CC(NC(=O)C(Cc2cccc(Cl)c2F)NC2(C3C(=O)Nc4cc(Cl)ccc43)CCCC2)C1. The summed E-state index contributed by atoms with van der Waals surface area (Å²) >= 11 is 12.2. The number of amides is 2. The number of carbonyl (C=O) groups is 2. The lowest BCUT2D eigenvalue weighted by atomic mass is 9.76. The number of fused-ring (bicyclic) bond motifs is 1. The number of hydrogen-bond acceptors (Lipinski definition) is 4. The summed E-state index contributed by atoms with van der Waals surface area (Å²) in [5, 5.41) is 20.2. The van der Waals surface area contributed by atoms with Crippen LogP contribution < -0.4 is 16.0 Å². The second-order valence-electron chi connectivity index (χ2n) is 10.7. The van der Waals surface area contributed by atoms with Crippen molar-refractivity contribution < 1.29 is 19.1 Å². The van der Waals surface area contributed by atoms with Crippen LogP contribution in [0.3, 0.4) is 0 Å². The smallest absolute Gasteiger partial charge is 0.237 e. The molecule has 9 heteroatoms. The van der Waals surface area contributed by atoms with Gasteiger partial charge in [-0.3, -0.25) is 14.9 Å². The van der Waals surface area contributed by atoms with Crippen molar-refractivity contribution in [2.24, 2.45) is 0 Å². The Labute approximate surface area is 219 Å². The summed E-state index contributed by atoms with van der Waals surface area (Å²) in [6.45, 7) is 1.74. The van der Waals surface area contributed by atoms with E-state index in [1.54, 1.807) is 31.2 Å². The zero-order valence-corrected chi connectivity index (χ0v) is 21.6. The summed E-state index contributed by atoms with van der Waals surface area (Å²) in [5.41, 5.74) is 0.392. The minimum Gasteiger partial charge on any atom is -0.390 e. The first-order valence-corrected chi connectivity index (χ1v) is 13.2. The largest absolute Gasteiger partial charge is 0.390 e. The van der Waals surface area contributed by atoms with Gasteiger partial charge in [-0.2, -0.15) is 0 Å². The van der Waals surface area contributed by atoms with E-state index in [0.717, 1.165) is 18.4 Å². The quantitative estimate of drug-likeness (QED) is 0.414. The zero-order valence-electron chi connectivity index (χ0n) is 20.0. The Hall–Kier alpha value is -2.19. The topological polar surface area (TPSA) is 90.5 Å². The van der Waals surface area contributed by atoms with Gasteiger partial charge in [0.2, 0.25) is 11.8 Å². The summed E-state index contributed by atoms with van der Waals surface area (Å²) in [6, 6.07) is 9.18. The molecule has 2 aliphatic carbocycles. The molecule has 3 aliphatic rings. The summed E-state index contributed by atoms with van der Waals surface area (Å²) in [5.74, 6) is -1.47.